The molecule has 0 atom stereocenters. The van der Waals surface area contributed by atoms with Gasteiger partial charge in [-0.05, 0) is 75.4 Å². The zero-order valence-electron chi connectivity index (χ0n) is 20.2. The molecule has 0 heteroatoms. The van der Waals surface area contributed by atoms with Crippen molar-refractivity contribution in [3.63, 3.8) is 0 Å². The molecule has 30 heavy (non-hydrogen) atoms. The van der Waals surface area contributed by atoms with Crippen LogP contribution in [0.3, 0.4) is 0 Å². The van der Waals surface area contributed by atoms with Gasteiger partial charge < -0.3 is 0 Å². The van der Waals surface area contributed by atoms with E-state index < -0.39 is 0 Å². The minimum atomic E-state index is 0.627. The average Bonchev–Trinajstić information content (AvgIpc) is 2.78. The molecule has 0 heterocycles. The van der Waals surface area contributed by atoms with Gasteiger partial charge in [0.1, 0.15) is 0 Å². The highest BCUT2D eigenvalue weighted by atomic mass is 14.2. The van der Waals surface area contributed by atoms with Crippen molar-refractivity contribution in [1.82, 2.24) is 0 Å². The van der Waals surface area contributed by atoms with E-state index in [1.54, 1.807) is 0 Å². The van der Waals surface area contributed by atoms with Crippen molar-refractivity contribution in [2.45, 2.75) is 129 Å². The topological polar surface area (TPSA) is 0 Å². The lowest BCUT2D eigenvalue weighted by molar-refractivity contribution is 0.294. The minimum Gasteiger partial charge on any atom is -0.0951 e. The molecule has 0 spiro atoms. The first-order valence-electron chi connectivity index (χ1n) is 13.5. The normalized spacial score (nSPS) is 26.6. The van der Waals surface area contributed by atoms with Gasteiger partial charge in [0, 0.05) is 11.8 Å². The van der Waals surface area contributed by atoms with E-state index in [-0.39, 0.29) is 0 Å². The Bertz CT molecular complexity index is 507. The van der Waals surface area contributed by atoms with Gasteiger partial charge >= 0.3 is 0 Å². The second-order valence-electron chi connectivity index (χ2n) is 10.0. The molecule has 2 aliphatic carbocycles. The minimum absolute atomic E-state index is 0.627. The molecule has 0 saturated heterocycles. The van der Waals surface area contributed by atoms with Gasteiger partial charge in [-0.1, -0.05) is 102 Å². The van der Waals surface area contributed by atoms with E-state index >= 15 is 0 Å². The van der Waals surface area contributed by atoms with Crippen LogP contribution in [0.2, 0.25) is 0 Å². The van der Waals surface area contributed by atoms with Gasteiger partial charge in [-0.2, -0.15) is 0 Å². The Kier molecular flexibility index (Phi) is 13.9. The van der Waals surface area contributed by atoms with Crippen LogP contribution in [0.15, 0.2) is 12.2 Å². The van der Waals surface area contributed by atoms with Gasteiger partial charge in [0.25, 0.3) is 0 Å². The van der Waals surface area contributed by atoms with Crippen LogP contribution in [0.1, 0.15) is 129 Å². The molecule has 0 aliphatic heterocycles. The number of allylic oxidation sites excluding steroid dienone is 2. The first-order chi connectivity index (χ1) is 14.8. The summed E-state index contributed by atoms with van der Waals surface area (Å²) in [7, 11) is 0. The molecule has 0 nitrogen and oxygen atoms in total. The molecule has 2 rings (SSSR count). The molecular formula is C30H48. The van der Waals surface area contributed by atoms with Crippen LogP contribution in [0, 0.1) is 47.4 Å². The van der Waals surface area contributed by atoms with Crippen molar-refractivity contribution in [3.8, 4) is 23.7 Å². The van der Waals surface area contributed by atoms with E-state index in [1.165, 1.54) is 116 Å². The molecule has 0 N–H and O–H groups in total. The Labute approximate surface area is 189 Å². The van der Waals surface area contributed by atoms with Gasteiger partial charge in [-0.15, -0.1) is 0 Å². The molecule has 0 amide bonds. The lowest BCUT2D eigenvalue weighted by Gasteiger charge is -2.25. The predicted molar refractivity (Wildman–Crippen MR) is 133 cm³/mol. The summed E-state index contributed by atoms with van der Waals surface area (Å²) in [6, 6.07) is 0. The predicted octanol–water partition coefficient (Wildman–Crippen LogP) is 9.10. The van der Waals surface area contributed by atoms with Crippen LogP contribution in [0.25, 0.3) is 0 Å². The van der Waals surface area contributed by atoms with Gasteiger partial charge in [0.05, 0.1) is 0 Å². The van der Waals surface area contributed by atoms with Gasteiger partial charge in [-0.25, -0.2) is 0 Å². The maximum atomic E-state index is 3.49. The summed E-state index contributed by atoms with van der Waals surface area (Å²) in [5, 5.41) is 0. The summed E-state index contributed by atoms with van der Waals surface area (Å²) < 4.78 is 0. The molecule has 0 aromatic carbocycles. The second kappa shape index (κ2) is 16.5. The number of rotatable bonds is 10. The lowest BCUT2D eigenvalue weighted by atomic mass is 9.80. The van der Waals surface area contributed by atoms with Gasteiger partial charge in [0.15, 0.2) is 0 Å². The van der Waals surface area contributed by atoms with E-state index in [4.69, 9.17) is 0 Å². The van der Waals surface area contributed by atoms with E-state index in [9.17, 15) is 0 Å². The van der Waals surface area contributed by atoms with Crippen molar-refractivity contribution in [2.24, 2.45) is 23.7 Å². The molecule has 0 aromatic heterocycles. The van der Waals surface area contributed by atoms with Crippen LogP contribution < -0.4 is 0 Å². The fourth-order valence-electron chi connectivity index (χ4n) is 5.33. The molecule has 0 bridgehead atoms. The first-order valence-corrected chi connectivity index (χ1v) is 13.5. The third kappa shape index (κ3) is 11.3. The van der Waals surface area contributed by atoms with Crippen molar-refractivity contribution < 1.29 is 0 Å². The number of hydrogen-bond donors (Lipinski definition) is 0. The molecular weight excluding hydrogens is 360 g/mol. The summed E-state index contributed by atoms with van der Waals surface area (Å²) >= 11 is 0. The first kappa shape index (κ1) is 25.1. The highest BCUT2D eigenvalue weighted by molar-refractivity contribution is 5.26. The van der Waals surface area contributed by atoms with Crippen molar-refractivity contribution in [1.29, 1.82) is 0 Å². The molecule has 2 fully saturated rings. The standard InChI is InChI=1S/C30H48/c1-3-5-7-11-15-27-19-23-29(24-20-27)17-13-9-10-14-18-30-25-21-28(22-26-30)16-12-8-6-4-2/h9-10,27-30H,3-8,11-12,15-16,19-26H2,1-2H3/b10-9+/t27-,28-,29-,30-. The smallest absolute Gasteiger partial charge is 0.0206 e. The van der Waals surface area contributed by atoms with Crippen LogP contribution in [-0.2, 0) is 0 Å². The highest BCUT2D eigenvalue weighted by Gasteiger charge is 2.20. The monoisotopic (exact) mass is 408 g/mol. The van der Waals surface area contributed by atoms with Crippen LogP contribution in [0.5, 0.6) is 0 Å². The Hall–Kier alpha value is -1.14. The Balaban J connectivity index is 1.55. The Morgan fingerprint density at radius 3 is 1.30 bits per heavy atom. The summed E-state index contributed by atoms with van der Waals surface area (Å²) in [5.74, 6) is 16.7. The Morgan fingerprint density at radius 2 is 0.933 bits per heavy atom. The third-order valence-electron chi connectivity index (χ3n) is 7.45. The summed E-state index contributed by atoms with van der Waals surface area (Å²) in [6.45, 7) is 4.59. The quantitative estimate of drug-likeness (QED) is 0.250. The zero-order valence-corrected chi connectivity index (χ0v) is 20.2. The lowest BCUT2D eigenvalue weighted by Crippen LogP contribution is -2.13. The van der Waals surface area contributed by atoms with Gasteiger partial charge in [0.2, 0.25) is 0 Å². The van der Waals surface area contributed by atoms with Crippen LogP contribution in [0.4, 0.5) is 0 Å². The molecule has 0 aromatic rings. The molecule has 2 aliphatic rings. The van der Waals surface area contributed by atoms with E-state index in [0.29, 0.717) is 11.8 Å². The maximum absolute atomic E-state index is 3.49. The molecule has 168 valence electrons. The maximum Gasteiger partial charge on any atom is 0.0206 e. The zero-order chi connectivity index (χ0) is 21.3. The van der Waals surface area contributed by atoms with Gasteiger partial charge in [-0.3, -0.25) is 0 Å². The average molecular weight is 409 g/mol. The Morgan fingerprint density at radius 1 is 0.533 bits per heavy atom. The van der Waals surface area contributed by atoms with Crippen molar-refractivity contribution in [3.05, 3.63) is 12.2 Å². The van der Waals surface area contributed by atoms with E-state index in [0.717, 1.165) is 11.8 Å². The molecule has 0 unspecified atom stereocenters. The SMILES string of the molecule is CCCCCC[C@H]1CC[C@H](C#C/C=C/C#C[C@H]2CC[C@H](CCCCCC)CC2)CC1. The molecule has 0 radical (unpaired) electrons. The van der Waals surface area contributed by atoms with Crippen LogP contribution >= 0.6 is 0 Å². The largest absolute Gasteiger partial charge is 0.0951 e. The summed E-state index contributed by atoms with van der Waals surface area (Å²) in [6.07, 6.45) is 29.0. The summed E-state index contributed by atoms with van der Waals surface area (Å²) in [5.41, 5.74) is 0. The fourth-order valence-corrected chi connectivity index (χ4v) is 5.33. The summed E-state index contributed by atoms with van der Waals surface area (Å²) in [4.78, 5) is 0. The van der Waals surface area contributed by atoms with Crippen LogP contribution in [-0.4, -0.2) is 0 Å². The molecule has 2 saturated carbocycles. The van der Waals surface area contributed by atoms with Crippen molar-refractivity contribution in [2.75, 3.05) is 0 Å². The fraction of sp³-hybridized carbons (Fsp3) is 0.800. The van der Waals surface area contributed by atoms with E-state index in [2.05, 4.69) is 37.5 Å². The van der Waals surface area contributed by atoms with Crippen molar-refractivity contribution >= 4 is 0 Å². The number of hydrogen-bond acceptors (Lipinski definition) is 0. The highest BCUT2D eigenvalue weighted by Crippen LogP contribution is 2.32. The second-order valence-corrected chi connectivity index (χ2v) is 10.0. The third-order valence-corrected chi connectivity index (χ3v) is 7.45. The van der Waals surface area contributed by atoms with E-state index in [1.807, 2.05) is 12.2 Å². The number of unbranched alkanes of at least 4 members (excludes halogenated alkanes) is 6.